The molecule has 2 aliphatic heterocycles. The van der Waals surface area contributed by atoms with E-state index in [1.54, 1.807) is 0 Å². The lowest BCUT2D eigenvalue weighted by atomic mass is 9.87. The standard InChI is InChI=1S/C26H32N4O2/c27-26-28-24-12-11-23(32-22-9-5-2-6-10-22)17-20(24)18-30(26)21-13-15-29(16-14-21)25(31)19-7-3-1-4-8-19/h2,5-6,9-12,17,19,21H,1,3-4,7-8,13-16,18H2,(H2,27,28)/p+1. The molecule has 0 spiro atoms. The van der Waals surface area contributed by atoms with Gasteiger partial charge in [-0.05, 0) is 56.0 Å². The minimum atomic E-state index is 0.253. The van der Waals surface area contributed by atoms with E-state index < -0.39 is 0 Å². The lowest BCUT2D eigenvalue weighted by Crippen LogP contribution is -2.50. The second-order valence-electron chi connectivity index (χ2n) is 9.26. The van der Waals surface area contributed by atoms with Gasteiger partial charge in [-0.25, -0.2) is 5.32 Å². The van der Waals surface area contributed by atoms with Gasteiger partial charge in [0.2, 0.25) is 5.91 Å². The van der Waals surface area contributed by atoms with Gasteiger partial charge >= 0.3 is 5.96 Å². The van der Waals surface area contributed by atoms with Gasteiger partial charge in [-0.3, -0.25) is 15.1 Å². The average Bonchev–Trinajstić information content (AvgIpc) is 2.85. The predicted octanol–water partition coefficient (Wildman–Crippen LogP) is 4.30. The van der Waals surface area contributed by atoms with Crippen molar-refractivity contribution in [3.63, 3.8) is 0 Å². The molecule has 6 heteroatoms. The number of amides is 1. The number of nitrogens with one attached hydrogen (secondary N) is 1. The summed E-state index contributed by atoms with van der Waals surface area (Å²) in [6, 6.07) is 16.3. The maximum Gasteiger partial charge on any atom is 0.348 e. The fourth-order valence-corrected chi connectivity index (χ4v) is 5.32. The van der Waals surface area contributed by atoms with E-state index in [-0.39, 0.29) is 5.92 Å². The van der Waals surface area contributed by atoms with Gasteiger partial charge in [-0.2, -0.15) is 0 Å². The van der Waals surface area contributed by atoms with Gasteiger partial charge in [0.25, 0.3) is 0 Å². The van der Waals surface area contributed by atoms with Gasteiger partial charge in [0.15, 0.2) is 0 Å². The number of hydrogen-bond donors (Lipinski definition) is 2. The molecule has 2 fully saturated rings. The highest BCUT2D eigenvalue weighted by atomic mass is 16.5. The van der Waals surface area contributed by atoms with Crippen LogP contribution in [0.25, 0.3) is 0 Å². The Bertz CT molecular complexity index is 990. The van der Waals surface area contributed by atoms with Gasteiger partial charge in [0, 0.05) is 24.6 Å². The molecule has 0 radical (unpaired) electrons. The van der Waals surface area contributed by atoms with E-state index in [0.29, 0.717) is 17.9 Å². The third-order valence-corrected chi connectivity index (χ3v) is 7.14. The number of likely N-dealkylation sites (tertiary alicyclic amines) is 1. The maximum atomic E-state index is 12.9. The number of nitrogens with zero attached hydrogens (tertiary/aromatic N) is 2. The van der Waals surface area contributed by atoms with Crippen LogP contribution in [0, 0.1) is 5.92 Å². The van der Waals surface area contributed by atoms with Crippen molar-refractivity contribution < 1.29 is 14.1 Å². The number of nitrogens with two attached hydrogens (primary N) is 1. The molecule has 0 atom stereocenters. The minimum Gasteiger partial charge on any atom is -0.457 e. The lowest BCUT2D eigenvalue weighted by molar-refractivity contribution is -0.586. The van der Waals surface area contributed by atoms with Crippen LogP contribution in [0.1, 0.15) is 50.5 Å². The second kappa shape index (κ2) is 9.23. The van der Waals surface area contributed by atoms with Gasteiger partial charge in [-0.15, -0.1) is 0 Å². The summed E-state index contributed by atoms with van der Waals surface area (Å²) in [4.78, 5) is 15.0. The molecule has 0 unspecified atom stereocenters. The largest absolute Gasteiger partial charge is 0.457 e. The number of piperidine rings is 1. The molecule has 0 aromatic heterocycles. The van der Waals surface area contributed by atoms with Crippen molar-refractivity contribution in [2.75, 3.05) is 18.4 Å². The number of carbonyl (C=O) groups is 1. The Balaban J connectivity index is 1.23. The van der Waals surface area contributed by atoms with Crippen LogP contribution in [0.4, 0.5) is 5.69 Å². The minimum absolute atomic E-state index is 0.253. The summed E-state index contributed by atoms with van der Waals surface area (Å²) >= 11 is 0. The van der Waals surface area contributed by atoms with Crippen molar-refractivity contribution in [1.29, 1.82) is 0 Å². The topological polar surface area (TPSA) is 70.6 Å². The van der Waals surface area contributed by atoms with E-state index in [1.165, 1.54) is 24.8 Å². The molecule has 1 saturated carbocycles. The number of fused-ring (bicyclic) bond motifs is 1. The fraction of sp³-hybridized carbons (Fsp3) is 0.462. The molecule has 6 nitrogen and oxygen atoms in total. The van der Waals surface area contributed by atoms with Crippen LogP contribution in [0.2, 0.25) is 0 Å². The SMILES string of the molecule is NC1=[N+](C2CCN(C(=O)C3CCCCC3)CC2)Cc2cc(Oc3ccccc3)ccc2N1. The van der Waals surface area contributed by atoms with E-state index >= 15 is 0 Å². The molecular formula is C26H33N4O2+. The highest BCUT2D eigenvalue weighted by Gasteiger charge is 2.33. The highest BCUT2D eigenvalue weighted by molar-refractivity contribution is 5.90. The van der Waals surface area contributed by atoms with Crippen molar-refractivity contribution in [1.82, 2.24) is 4.90 Å². The average molecular weight is 434 g/mol. The Hall–Kier alpha value is -3.02. The van der Waals surface area contributed by atoms with Crippen LogP contribution >= 0.6 is 0 Å². The zero-order chi connectivity index (χ0) is 21.9. The summed E-state index contributed by atoms with van der Waals surface area (Å²) in [6.45, 7) is 2.41. The Morgan fingerprint density at radius 2 is 1.72 bits per heavy atom. The van der Waals surface area contributed by atoms with E-state index in [9.17, 15) is 4.79 Å². The number of para-hydroxylation sites is 1. The first kappa shape index (κ1) is 20.9. The monoisotopic (exact) mass is 433 g/mol. The molecule has 168 valence electrons. The Morgan fingerprint density at radius 3 is 2.47 bits per heavy atom. The van der Waals surface area contributed by atoms with E-state index in [0.717, 1.165) is 62.5 Å². The summed E-state index contributed by atoms with van der Waals surface area (Å²) in [5, 5.41) is 3.37. The molecule has 32 heavy (non-hydrogen) atoms. The third kappa shape index (κ3) is 4.45. The first-order chi connectivity index (χ1) is 15.7. The molecule has 1 amide bonds. The second-order valence-corrected chi connectivity index (χ2v) is 9.26. The summed E-state index contributed by atoms with van der Waals surface area (Å²) in [5.41, 5.74) is 8.62. The van der Waals surface area contributed by atoms with Crippen LogP contribution < -0.4 is 15.8 Å². The van der Waals surface area contributed by atoms with Crippen LogP contribution in [0.15, 0.2) is 48.5 Å². The molecular weight excluding hydrogens is 400 g/mol. The molecule has 5 rings (SSSR count). The number of hydrogen-bond acceptors (Lipinski definition) is 4. The summed E-state index contributed by atoms with van der Waals surface area (Å²) < 4.78 is 8.28. The van der Waals surface area contributed by atoms with Gasteiger partial charge in [-0.1, -0.05) is 37.5 Å². The summed E-state index contributed by atoms with van der Waals surface area (Å²) in [7, 11) is 0. The molecule has 3 aliphatic rings. The van der Waals surface area contributed by atoms with Gasteiger partial charge in [0.1, 0.15) is 17.2 Å². The number of anilines is 1. The van der Waals surface area contributed by atoms with Crippen molar-refractivity contribution >= 4 is 17.6 Å². The van der Waals surface area contributed by atoms with Gasteiger partial charge in [0.05, 0.1) is 12.6 Å². The van der Waals surface area contributed by atoms with E-state index in [2.05, 4.69) is 20.9 Å². The van der Waals surface area contributed by atoms with Crippen molar-refractivity contribution in [3.8, 4) is 11.5 Å². The Labute approximate surface area is 190 Å². The van der Waals surface area contributed by atoms with Crippen molar-refractivity contribution in [2.45, 2.75) is 57.5 Å². The highest BCUT2D eigenvalue weighted by Crippen LogP contribution is 2.31. The number of benzene rings is 2. The molecule has 2 aromatic rings. The predicted molar refractivity (Wildman–Crippen MR) is 126 cm³/mol. The number of guanidine groups is 1. The molecule has 0 bridgehead atoms. The van der Waals surface area contributed by atoms with Crippen LogP contribution in [-0.2, 0) is 11.3 Å². The van der Waals surface area contributed by atoms with E-state index in [1.807, 2.05) is 42.5 Å². The summed E-state index contributed by atoms with van der Waals surface area (Å²) in [6.07, 6.45) is 7.73. The van der Waals surface area contributed by atoms with Crippen molar-refractivity contribution in [3.05, 3.63) is 54.1 Å². The van der Waals surface area contributed by atoms with Crippen LogP contribution in [-0.4, -0.2) is 40.5 Å². The maximum absolute atomic E-state index is 12.9. The lowest BCUT2D eigenvalue weighted by Gasteiger charge is -2.36. The summed E-state index contributed by atoms with van der Waals surface area (Å²) in [5.74, 6) is 2.99. The number of carbonyl (C=O) groups excluding carboxylic acids is 1. The normalized spacial score (nSPS) is 19.9. The smallest absolute Gasteiger partial charge is 0.348 e. The first-order valence-corrected chi connectivity index (χ1v) is 12.0. The number of rotatable bonds is 4. The molecule has 3 N–H and O–H groups in total. The molecule has 1 saturated heterocycles. The van der Waals surface area contributed by atoms with Crippen LogP contribution in [0.5, 0.6) is 11.5 Å². The van der Waals surface area contributed by atoms with Crippen LogP contribution in [0.3, 0.4) is 0 Å². The van der Waals surface area contributed by atoms with E-state index in [4.69, 9.17) is 10.5 Å². The molecule has 1 aliphatic carbocycles. The fourth-order valence-electron chi connectivity index (χ4n) is 5.32. The Kier molecular flexibility index (Phi) is 6.02. The molecule has 2 aromatic carbocycles. The zero-order valence-corrected chi connectivity index (χ0v) is 18.6. The third-order valence-electron chi connectivity index (χ3n) is 7.14. The zero-order valence-electron chi connectivity index (χ0n) is 18.6. The number of ether oxygens (including phenoxy) is 1. The van der Waals surface area contributed by atoms with Crippen molar-refractivity contribution in [2.24, 2.45) is 11.7 Å². The molecule has 2 heterocycles. The quantitative estimate of drug-likeness (QED) is 0.705. The van der Waals surface area contributed by atoms with Gasteiger partial charge < -0.3 is 9.64 Å². The first-order valence-electron chi connectivity index (χ1n) is 12.0. The Morgan fingerprint density at radius 1 is 0.969 bits per heavy atom.